The van der Waals surface area contributed by atoms with E-state index in [4.69, 9.17) is 11.6 Å². The number of hydrogen-bond acceptors (Lipinski definition) is 3. The molecular weight excluding hydrogens is 388 g/mol. The van der Waals surface area contributed by atoms with E-state index in [0.717, 1.165) is 28.3 Å². The van der Waals surface area contributed by atoms with Crippen LogP contribution in [-0.4, -0.2) is 27.2 Å². The number of nitrogens with one attached hydrogen (secondary N) is 2. The molecule has 2 aromatic carbocycles. The fourth-order valence-electron chi connectivity index (χ4n) is 3.63. The summed E-state index contributed by atoms with van der Waals surface area (Å²) < 4.78 is 1.98. The summed E-state index contributed by atoms with van der Waals surface area (Å²) in [5.41, 5.74) is 2.49. The van der Waals surface area contributed by atoms with Crippen molar-refractivity contribution >= 4 is 39.3 Å². The van der Waals surface area contributed by atoms with Gasteiger partial charge in [-0.1, -0.05) is 41.9 Å². The van der Waals surface area contributed by atoms with Gasteiger partial charge in [-0.3, -0.25) is 9.59 Å². The Balaban J connectivity index is 1.38. The third kappa shape index (κ3) is 4.17. The predicted octanol–water partition coefficient (Wildman–Crippen LogP) is 3.67. The van der Waals surface area contributed by atoms with Crippen LogP contribution in [0.15, 0.2) is 59.5 Å². The Morgan fingerprint density at radius 1 is 1.10 bits per heavy atom. The summed E-state index contributed by atoms with van der Waals surface area (Å²) in [7, 11) is 0. The van der Waals surface area contributed by atoms with Crippen LogP contribution in [0.3, 0.4) is 0 Å². The number of nitrogens with zero attached hydrogens (tertiary/aromatic N) is 2. The van der Waals surface area contributed by atoms with Crippen molar-refractivity contribution in [1.82, 2.24) is 20.1 Å². The lowest BCUT2D eigenvalue weighted by molar-refractivity contribution is -0.121. The second-order valence-corrected chi connectivity index (χ2v) is 7.40. The fraction of sp³-hybridized carbons (Fsp3) is 0.227. The van der Waals surface area contributed by atoms with Gasteiger partial charge in [0.25, 0.3) is 5.56 Å². The molecule has 0 radical (unpaired) electrons. The summed E-state index contributed by atoms with van der Waals surface area (Å²) in [5.74, 6) is 0.00954. The van der Waals surface area contributed by atoms with Gasteiger partial charge >= 0.3 is 0 Å². The van der Waals surface area contributed by atoms with E-state index in [1.807, 2.05) is 53.1 Å². The Morgan fingerprint density at radius 3 is 2.72 bits per heavy atom. The number of carbonyl (C=O) groups is 1. The number of hydrogen-bond donors (Lipinski definition) is 2. The zero-order chi connectivity index (χ0) is 20.2. The van der Waals surface area contributed by atoms with Crippen molar-refractivity contribution in [2.45, 2.75) is 25.8 Å². The third-order valence-electron chi connectivity index (χ3n) is 5.02. The van der Waals surface area contributed by atoms with Crippen LogP contribution in [-0.2, 0) is 17.8 Å². The standard InChI is InChI=1S/C22H21ClN4O2/c23-16-9-7-15(8-10-16)11-12-24-20(28)6-3-13-27-19-5-2-1-4-17(19)18-14-25-26-22(29)21(18)27/h1-2,4-5,7-10,14H,3,6,11-13H2,(H,24,28)(H,26,29). The second kappa shape index (κ2) is 8.49. The van der Waals surface area contributed by atoms with E-state index in [-0.39, 0.29) is 11.5 Å². The van der Waals surface area contributed by atoms with Crippen LogP contribution in [0.25, 0.3) is 21.8 Å². The van der Waals surface area contributed by atoms with Crippen LogP contribution in [0.4, 0.5) is 0 Å². The Labute approximate surface area is 172 Å². The second-order valence-electron chi connectivity index (χ2n) is 6.96. The van der Waals surface area contributed by atoms with Crippen molar-refractivity contribution in [3.63, 3.8) is 0 Å². The number of rotatable bonds is 7. The SMILES string of the molecule is O=C(CCCn1c2ccccc2c2cn[nH]c(=O)c21)NCCc1ccc(Cl)cc1. The quantitative estimate of drug-likeness (QED) is 0.489. The molecule has 29 heavy (non-hydrogen) atoms. The van der Waals surface area contributed by atoms with Gasteiger partial charge in [-0.2, -0.15) is 5.10 Å². The molecular formula is C22H21ClN4O2. The predicted molar refractivity (Wildman–Crippen MR) is 115 cm³/mol. The molecule has 0 spiro atoms. The van der Waals surface area contributed by atoms with Crippen LogP contribution < -0.4 is 10.9 Å². The number of benzene rings is 2. The zero-order valence-electron chi connectivity index (χ0n) is 15.8. The Hall–Kier alpha value is -3.12. The number of H-pyrrole nitrogens is 1. The molecule has 2 N–H and O–H groups in total. The molecule has 0 unspecified atom stereocenters. The lowest BCUT2D eigenvalue weighted by atomic mass is 10.1. The topological polar surface area (TPSA) is 79.8 Å². The summed E-state index contributed by atoms with van der Waals surface area (Å²) in [4.78, 5) is 24.5. The van der Waals surface area contributed by atoms with Gasteiger partial charge in [0.15, 0.2) is 0 Å². The first-order valence-electron chi connectivity index (χ1n) is 9.59. The molecule has 0 aliphatic carbocycles. The van der Waals surface area contributed by atoms with E-state index in [1.54, 1.807) is 6.20 Å². The molecule has 7 heteroatoms. The molecule has 4 rings (SSSR count). The van der Waals surface area contributed by atoms with Crippen LogP contribution in [0.1, 0.15) is 18.4 Å². The maximum atomic E-state index is 12.3. The molecule has 2 heterocycles. The van der Waals surface area contributed by atoms with Gasteiger partial charge < -0.3 is 9.88 Å². The summed E-state index contributed by atoms with van der Waals surface area (Å²) in [6.45, 7) is 1.17. The largest absolute Gasteiger partial charge is 0.356 e. The van der Waals surface area contributed by atoms with Crippen LogP contribution in [0.2, 0.25) is 5.02 Å². The molecule has 0 bridgehead atoms. The molecule has 2 aromatic heterocycles. The maximum Gasteiger partial charge on any atom is 0.288 e. The average Bonchev–Trinajstić information content (AvgIpc) is 3.05. The molecule has 1 amide bonds. The molecule has 0 saturated carbocycles. The smallest absolute Gasteiger partial charge is 0.288 e. The van der Waals surface area contributed by atoms with E-state index in [0.29, 0.717) is 36.5 Å². The zero-order valence-corrected chi connectivity index (χ0v) is 16.6. The van der Waals surface area contributed by atoms with Crippen molar-refractivity contribution in [2.24, 2.45) is 0 Å². The van der Waals surface area contributed by atoms with Crippen LogP contribution in [0.5, 0.6) is 0 Å². The summed E-state index contributed by atoms with van der Waals surface area (Å²) in [6.07, 6.45) is 3.48. The molecule has 0 fully saturated rings. The summed E-state index contributed by atoms with van der Waals surface area (Å²) in [6, 6.07) is 15.5. The first-order valence-corrected chi connectivity index (χ1v) is 9.97. The minimum Gasteiger partial charge on any atom is -0.356 e. The number of fused-ring (bicyclic) bond motifs is 3. The molecule has 148 valence electrons. The summed E-state index contributed by atoms with van der Waals surface area (Å²) >= 11 is 5.88. The molecule has 0 atom stereocenters. The Bertz CT molecular complexity index is 1210. The Kier molecular flexibility index (Phi) is 5.62. The molecule has 0 aliphatic rings. The number of carbonyl (C=O) groups excluding carboxylic acids is 1. The van der Waals surface area contributed by atoms with E-state index in [2.05, 4.69) is 15.5 Å². The van der Waals surface area contributed by atoms with Crippen LogP contribution >= 0.6 is 11.6 Å². The average molecular weight is 409 g/mol. The molecule has 6 nitrogen and oxygen atoms in total. The van der Waals surface area contributed by atoms with Crippen LogP contribution in [0, 0.1) is 0 Å². The minimum atomic E-state index is -0.217. The molecule has 0 saturated heterocycles. The highest BCUT2D eigenvalue weighted by molar-refractivity contribution is 6.30. The van der Waals surface area contributed by atoms with Gasteiger partial charge in [0.1, 0.15) is 5.52 Å². The van der Waals surface area contributed by atoms with Crippen molar-refractivity contribution in [3.8, 4) is 0 Å². The highest BCUT2D eigenvalue weighted by atomic mass is 35.5. The third-order valence-corrected chi connectivity index (χ3v) is 5.27. The summed E-state index contributed by atoms with van der Waals surface area (Å²) in [5, 5.41) is 11.9. The molecule has 4 aromatic rings. The van der Waals surface area contributed by atoms with Gasteiger partial charge in [-0.05, 0) is 36.6 Å². The van der Waals surface area contributed by atoms with Gasteiger partial charge in [0.05, 0.1) is 6.20 Å². The highest BCUT2D eigenvalue weighted by Gasteiger charge is 2.13. The van der Waals surface area contributed by atoms with E-state index >= 15 is 0 Å². The number of para-hydroxylation sites is 1. The lowest BCUT2D eigenvalue weighted by Gasteiger charge is -2.08. The first kappa shape index (κ1) is 19.2. The molecule has 0 aliphatic heterocycles. The number of halogens is 1. The van der Waals surface area contributed by atoms with Gasteiger partial charge in [-0.15, -0.1) is 0 Å². The van der Waals surface area contributed by atoms with Gasteiger partial charge in [0, 0.05) is 40.8 Å². The van der Waals surface area contributed by atoms with Gasteiger partial charge in [0.2, 0.25) is 5.91 Å². The fourth-order valence-corrected chi connectivity index (χ4v) is 3.76. The lowest BCUT2D eigenvalue weighted by Crippen LogP contribution is -2.25. The van der Waals surface area contributed by atoms with Crippen molar-refractivity contribution in [3.05, 3.63) is 75.7 Å². The number of amides is 1. The monoisotopic (exact) mass is 408 g/mol. The van der Waals surface area contributed by atoms with Gasteiger partial charge in [-0.25, -0.2) is 5.10 Å². The van der Waals surface area contributed by atoms with E-state index in [9.17, 15) is 9.59 Å². The van der Waals surface area contributed by atoms with E-state index in [1.165, 1.54) is 0 Å². The van der Waals surface area contributed by atoms with Crippen molar-refractivity contribution in [1.29, 1.82) is 0 Å². The maximum absolute atomic E-state index is 12.3. The highest BCUT2D eigenvalue weighted by Crippen LogP contribution is 2.26. The van der Waals surface area contributed by atoms with E-state index < -0.39 is 0 Å². The normalized spacial score (nSPS) is 11.2. The van der Waals surface area contributed by atoms with Crippen molar-refractivity contribution in [2.75, 3.05) is 6.54 Å². The van der Waals surface area contributed by atoms with Crippen molar-refractivity contribution < 1.29 is 4.79 Å². The number of aryl methyl sites for hydroxylation is 1. The Morgan fingerprint density at radius 2 is 1.90 bits per heavy atom. The first-order chi connectivity index (χ1) is 14.1. The number of aromatic amines is 1. The minimum absolute atomic E-state index is 0.00954. The number of aromatic nitrogens is 3.